The highest BCUT2D eigenvalue weighted by Crippen LogP contribution is 2.26. The van der Waals surface area contributed by atoms with Gasteiger partial charge in [0.1, 0.15) is 5.58 Å². The van der Waals surface area contributed by atoms with E-state index in [9.17, 15) is 9.59 Å². The van der Waals surface area contributed by atoms with Crippen molar-refractivity contribution in [1.82, 2.24) is 0 Å². The molecule has 1 aromatic heterocycles. The number of hydrogen-bond donors (Lipinski definition) is 0. The smallest absolute Gasteiger partial charge is 0.343 e. The minimum atomic E-state index is -0.823. The van der Waals surface area contributed by atoms with Crippen molar-refractivity contribution in [1.29, 1.82) is 0 Å². The standard InChI is InChI=1S/C20H16O4/c1-2-8-18(21)24-19(14-9-4-3-5-10-14)16-13-15-11-6-7-12-17(15)23-20(16)22/h2-13,19H,1H3/b8-2+. The lowest BCUT2D eigenvalue weighted by Crippen LogP contribution is -2.18. The van der Waals surface area contributed by atoms with Gasteiger partial charge in [0, 0.05) is 11.5 Å². The number of carbonyl (C=O) groups is 1. The first-order chi connectivity index (χ1) is 11.7. The maximum Gasteiger partial charge on any atom is 0.343 e. The van der Waals surface area contributed by atoms with Crippen LogP contribution in [0.4, 0.5) is 0 Å². The molecule has 3 rings (SSSR count). The SMILES string of the molecule is C/C=C/C(=O)OC(c1ccccc1)c1cc2ccccc2oc1=O. The average molecular weight is 320 g/mol. The van der Waals surface area contributed by atoms with Crippen LogP contribution < -0.4 is 5.63 Å². The Kier molecular flexibility index (Phi) is 4.57. The summed E-state index contributed by atoms with van der Waals surface area (Å²) in [4.78, 5) is 24.3. The van der Waals surface area contributed by atoms with Crippen LogP contribution in [-0.2, 0) is 9.53 Å². The van der Waals surface area contributed by atoms with Crippen LogP contribution >= 0.6 is 0 Å². The summed E-state index contributed by atoms with van der Waals surface area (Å²) >= 11 is 0. The van der Waals surface area contributed by atoms with E-state index in [1.807, 2.05) is 42.5 Å². The van der Waals surface area contributed by atoms with Crippen molar-refractivity contribution in [2.24, 2.45) is 0 Å². The summed E-state index contributed by atoms with van der Waals surface area (Å²) in [6.45, 7) is 1.73. The molecular weight excluding hydrogens is 304 g/mol. The number of para-hydroxylation sites is 1. The molecule has 3 aromatic rings. The Hall–Kier alpha value is -3.14. The third kappa shape index (κ3) is 3.27. The highest BCUT2D eigenvalue weighted by molar-refractivity contribution is 5.82. The van der Waals surface area contributed by atoms with Gasteiger partial charge in [-0.05, 0) is 24.6 Å². The van der Waals surface area contributed by atoms with Gasteiger partial charge in [0.05, 0.1) is 5.56 Å². The second kappa shape index (κ2) is 6.96. The molecule has 120 valence electrons. The molecule has 0 aliphatic carbocycles. The second-order valence-electron chi connectivity index (χ2n) is 5.25. The largest absolute Gasteiger partial charge is 0.449 e. The first kappa shape index (κ1) is 15.7. The van der Waals surface area contributed by atoms with E-state index in [-0.39, 0.29) is 5.56 Å². The minimum absolute atomic E-state index is 0.290. The van der Waals surface area contributed by atoms with E-state index in [0.29, 0.717) is 11.1 Å². The Bertz CT molecular complexity index is 939. The molecule has 0 radical (unpaired) electrons. The van der Waals surface area contributed by atoms with Gasteiger partial charge in [-0.2, -0.15) is 0 Å². The van der Waals surface area contributed by atoms with Gasteiger partial charge >= 0.3 is 11.6 Å². The predicted octanol–water partition coefficient (Wildman–Crippen LogP) is 4.00. The lowest BCUT2D eigenvalue weighted by atomic mass is 10.0. The lowest BCUT2D eigenvalue weighted by molar-refractivity contribution is -0.141. The number of carbonyl (C=O) groups excluding carboxylic acids is 1. The van der Waals surface area contributed by atoms with Gasteiger partial charge in [-0.25, -0.2) is 9.59 Å². The minimum Gasteiger partial charge on any atom is -0.449 e. The van der Waals surface area contributed by atoms with Crippen molar-refractivity contribution in [2.75, 3.05) is 0 Å². The number of ether oxygens (including phenoxy) is 1. The Balaban J connectivity index is 2.13. The molecule has 1 unspecified atom stereocenters. The number of fused-ring (bicyclic) bond motifs is 1. The van der Waals surface area contributed by atoms with E-state index < -0.39 is 17.7 Å². The van der Waals surface area contributed by atoms with Gasteiger partial charge in [-0.3, -0.25) is 0 Å². The predicted molar refractivity (Wildman–Crippen MR) is 91.7 cm³/mol. The zero-order valence-electron chi connectivity index (χ0n) is 13.1. The molecule has 2 aromatic carbocycles. The molecule has 1 heterocycles. The van der Waals surface area contributed by atoms with Gasteiger partial charge in [-0.15, -0.1) is 0 Å². The van der Waals surface area contributed by atoms with Gasteiger partial charge in [0.15, 0.2) is 6.10 Å². The van der Waals surface area contributed by atoms with Crippen LogP contribution in [0.15, 0.2) is 82.0 Å². The van der Waals surface area contributed by atoms with Crippen LogP contribution in [0.5, 0.6) is 0 Å². The first-order valence-electron chi connectivity index (χ1n) is 7.60. The van der Waals surface area contributed by atoms with Crippen molar-refractivity contribution in [2.45, 2.75) is 13.0 Å². The number of rotatable bonds is 4. The summed E-state index contributed by atoms with van der Waals surface area (Å²) in [6.07, 6.45) is 2.09. The summed E-state index contributed by atoms with van der Waals surface area (Å²) in [6, 6.07) is 18.1. The Morgan fingerprint density at radius 3 is 2.54 bits per heavy atom. The Labute approximate surface area is 139 Å². The molecule has 0 spiro atoms. The lowest BCUT2D eigenvalue weighted by Gasteiger charge is -2.17. The molecule has 1 atom stereocenters. The number of hydrogen-bond acceptors (Lipinski definition) is 4. The van der Waals surface area contributed by atoms with Crippen molar-refractivity contribution in [3.8, 4) is 0 Å². The summed E-state index contributed by atoms with van der Waals surface area (Å²) in [5, 5.41) is 0.773. The molecule has 0 N–H and O–H groups in total. The van der Waals surface area contributed by atoms with Crippen LogP contribution in [0.2, 0.25) is 0 Å². The third-order valence-electron chi connectivity index (χ3n) is 3.59. The fourth-order valence-electron chi connectivity index (χ4n) is 2.49. The van der Waals surface area contributed by atoms with E-state index in [1.165, 1.54) is 6.08 Å². The van der Waals surface area contributed by atoms with Crippen LogP contribution in [-0.4, -0.2) is 5.97 Å². The molecule has 0 saturated carbocycles. The Morgan fingerprint density at radius 2 is 1.79 bits per heavy atom. The van der Waals surface area contributed by atoms with Crippen molar-refractivity contribution >= 4 is 16.9 Å². The summed E-state index contributed by atoms with van der Waals surface area (Å²) in [7, 11) is 0. The van der Waals surface area contributed by atoms with E-state index in [2.05, 4.69) is 0 Å². The summed E-state index contributed by atoms with van der Waals surface area (Å²) < 4.78 is 10.9. The van der Waals surface area contributed by atoms with Crippen LogP contribution in [0.1, 0.15) is 24.2 Å². The summed E-state index contributed by atoms with van der Waals surface area (Å²) in [5.41, 5.74) is 0.976. The topological polar surface area (TPSA) is 56.5 Å². The van der Waals surface area contributed by atoms with Crippen LogP contribution in [0.25, 0.3) is 11.0 Å². The normalized spacial score (nSPS) is 12.4. The highest BCUT2D eigenvalue weighted by atomic mass is 16.5. The quantitative estimate of drug-likeness (QED) is 0.414. The molecule has 24 heavy (non-hydrogen) atoms. The van der Waals surface area contributed by atoms with E-state index >= 15 is 0 Å². The average Bonchev–Trinajstić information content (AvgIpc) is 2.60. The molecule has 4 heteroatoms. The van der Waals surface area contributed by atoms with Gasteiger partial charge in [0.2, 0.25) is 0 Å². The third-order valence-corrected chi connectivity index (χ3v) is 3.59. The van der Waals surface area contributed by atoms with Crippen LogP contribution in [0.3, 0.4) is 0 Å². The molecule has 0 bridgehead atoms. The molecule has 0 fully saturated rings. The molecule has 4 nitrogen and oxygen atoms in total. The molecule has 0 aliphatic rings. The van der Waals surface area contributed by atoms with E-state index in [4.69, 9.17) is 9.15 Å². The van der Waals surface area contributed by atoms with Gasteiger partial charge < -0.3 is 9.15 Å². The number of allylic oxidation sites excluding steroid dienone is 1. The maximum absolute atomic E-state index is 12.4. The molecule has 0 saturated heterocycles. The van der Waals surface area contributed by atoms with E-state index in [1.54, 1.807) is 31.2 Å². The van der Waals surface area contributed by atoms with Gasteiger partial charge in [-0.1, -0.05) is 54.6 Å². The maximum atomic E-state index is 12.4. The monoisotopic (exact) mass is 320 g/mol. The molecule has 0 amide bonds. The number of benzene rings is 2. The fraction of sp³-hybridized carbons (Fsp3) is 0.100. The second-order valence-corrected chi connectivity index (χ2v) is 5.25. The zero-order chi connectivity index (χ0) is 16.9. The highest BCUT2D eigenvalue weighted by Gasteiger charge is 2.22. The van der Waals surface area contributed by atoms with E-state index in [0.717, 1.165) is 5.39 Å². The van der Waals surface area contributed by atoms with Crippen molar-refractivity contribution < 1.29 is 13.9 Å². The molecule has 0 aliphatic heterocycles. The Morgan fingerprint density at radius 1 is 1.08 bits per heavy atom. The van der Waals surface area contributed by atoms with Crippen LogP contribution in [0, 0.1) is 0 Å². The first-order valence-corrected chi connectivity index (χ1v) is 7.60. The summed E-state index contributed by atoms with van der Waals surface area (Å²) in [5.74, 6) is -0.515. The fourth-order valence-corrected chi connectivity index (χ4v) is 2.49. The molecular formula is C20H16O4. The van der Waals surface area contributed by atoms with Crippen molar-refractivity contribution in [3.05, 3.63) is 94.4 Å². The zero-order valence-corrected chi connectivity index (χ0v) is 13.1. The van der Waals surface area contributed by atoms with Gasteiger partial charge in [0.25, 0.3) is 0 Å². The number of esters is 1. The van der Waals surface area contributed by atoms with Crippen molar-refractivity contribution in [3.63, 3.8) is 0 Å².